The Morgan fingerprint density at radius 3 is 2.74 bits per heavy atom. The van der Waals surface area contributed by atoms with Gasteiger partial charge in [0.05, 0.1) is 39.9 Å². The number of carbonyl (C=O) groups is 1. The Kier molecular flexibility index (Phi) is 12.5. The van der Waals surface area contributed by atoms with E-state index in [1.54, 1.807) is 0 Å². The quantitative estimate of drug-likeness (QED) is 0.152. The number of hydrogen-bond acceptors (Lipinski definition) is 12. The molecule has 6 N–H and O–H groups in total. The minimum atomic E-state index is -1.06. The number of fused-ring (bicyclic) bond motifs is 1. The number of rotatable bonds is 9. The zero-order valence-corrected chi connectivity index (χ0v) is 33.6. The molecule has 5 heterocycles. The number of ether oxygens (including phenoxy) is 2. The molecule has 0 aliphatic carbocycles. The number of likely N-dealkylation sites (tertiary alicyclic amines) is 1. The van der Waals surface area contributed by atoms with Gasteiger partial charge >= 0.3 is 6.01 Å². The first kappa shape index (κ1) is 41.0. The molecule has 7 rings (SSSR count). The number of halogens is 4. The van der Waals surface area contributed by atoms with Crippen LogP contribution in [0.2, 0.25) is 5.02 Å². The summed E-state index contributed by atoms with van der Waals surface area (Å²) in [5.41, 5.74) is 12.1. The lowest BCUT2D eigenvalue weighted by Gasteiger charge is -2.38. The van der Waals surface area contributed by atoms with Gasteiger partial charge in [0.15, 0.2) is 11.6 Å². The molecule has 5 atom stereocenters. The Balaban J connectivity index is 1.38. The number of nitriles is 1. The zero-order chi connectivity index (χ0) is 40.5. The first-order valence-electron chi connectivity index (χ1n) is 19.6. The number of alkyl halides is 1. The molecule has 57 heavy (non-hydrogen) atoms. The van der Waals surface area contributed by atoms with Crippen molar-refractivity contribution in [3.05, 3.63) is 34.4 Å². The molecule has 17 heteroatoms. The molecule has 1 amide bonds. The first-order valence-corrected chi connectivity index (χ1v) is 20.8. The van der Waals surface area contributed by atoms with Crippen molar-refractivity contribution in [3.8, 4) is 29.0 Å². The first-order chi connectivity index (χ1) is 27.4. The Bertz CT molecular complexity index is 2190. The summed E-state index contributed by atoms with van der Waals surface area (Å²) < 4.78 is 60.1. The van der Waals surface area contributed by atoms with Gasteiger partial charge in [-0.3, -0.25) is 4.79 Å². The number of thiophene rings is 1. The molecule has 3 aliphatic rings. The molecule has 2 saturated heterocycles. The second kappa shape index (κ2) is 17.4. The van der Waals surface area contributed by atoms with Crippen LogP contribution in [0.1, 0.15) is 57.9 Å². The number of nitrogen functional groups attached to an aromatic ring is 1. The third-order valence-corrected chi connectivity index (χ3v) is 12.7. The summed E-state index contributed by atoms with van der Waals surface area (Å²) in [6.45, 7) is 6.27. The Hall–Kier alpha value is -4.14. The van der Waals surface area contributed by atoms with E-state index in [4.69, 9.17) is 37.5 Å². The highest BCUT2D eigenvalue weighted by Gasteiger charge is 2.35. The monoisotopic (exact) mass is 828 g/mol. The largest absolute Gasteiger partial charge is 0.486 e. The molecule has 306 valence electrons. The van der Waals surface area contributed by atoms with Crippen LogP contribution in [-0.4, -0.2) is 96.7 Å². The number of benzene rings is 2. The summed E-state index contributed by atoms with van der Waals surface area (Å²) in [4.78, 5) is 26.6. The molecule has 12 nitrogen and oxygen atoms in total. The van der Waals surface area contributed by atoms with Crippen molar-refractivity contribution in [1.29, 1.82) is 5.26 Å². The fourth-order valence-electron chi connectivity index (χ4n) is 8.22. The standard InChI is InChI=1S/C40H48ClF3N8O4S/c1-20(2)33(46)39(54)52-11-4-6-22(17-52)16-51-12-9-24(18-53)56-35-30-34(49-40(50-38(30)51)55-19-21-5-3-10-48-15-23(42)13-21)32(44)29(31(35)41)25-7-8-27(43)36-28(25)26(14-45)37(47)57-36/h7-8,20-24,33,48,53H,3-6,9-13,15-19,46-47H2,1-2H3/t21-,22?,23-,24?,33+/m1/s1. The predicted octanol–water partition coefficient (Wildman–Crippen LogP) is 6.18. The molecule has 2 unspecified atom stereocenters. The van der Waals surface area contributed by atoms with Crippen LogP contribution in [0.5, 0.6) is 11.8 Å². The number of aliphatic hydroxyl groups excluding tert-OH is 1. The summed E-state index contributed by atoms with van der Waals surface area (Å²) in [6.07, 6.45) is 1.87. The van der Waals surface area contributed by atoms with Crippen LogP contribution in [0, 0.1) is 40.7 Å². The van der Waals surface area contributed by atoms with Crippen molar-refractivity contribution in [3.63, 3.8) is 0 Å². The van der Waals surface area contributed by atoms with Gasteiger partial charge < -0.3 is 41.2 Å². The van der Waals surface area contributed by atoms with Crippen molar-refractivity contribution >= 4 is 60.7 Å². The van der Waals surface area contributed by atoms with Gasteiger partial charge in [-0.1, -0.05) is 31.5 Å². The molecule has 0 spiro atoms. The minimum absolute atomic E-state index is 0.00342. The van der Waals surface area contributed by atoms with Crippen molar-refractivity contribution in [2.75, 3.05) is 63.1 Å². The summed E-state index contributed by atoms with van der Waals surface area (Å²) in [5, 5.41) is 23.8. The molecule has 0 saturated carbocycles. The van der Waals surface area contributed by atoms with Gasteiger partial charge in [-0.05, 0) is 68.0 Å². The van der Waals surface area contributed by atoms with E-state index in [-0.39, 0.29) is 115 Å². The number of carbonyl (C=O) groups excluding carboxylic acids is 1. The fraction of sp³-hybridized carbons (Fsp3) is 0.550. The van der Waals surface area contributed by atoms with Gasteiger partial charge in [-0.25, -0.2) is 13.2 Å². The number of anilines is 2. The highest BCUT2D eigenvalue weighted by molar-refractivity contribution is 7.23. The topological polar surface area (TPSA) is 176 Å². The number of amides is 1. The van der Waals surface area contributed by atoms with Crippen molar-refractivity contribution in [2.24, 2.45) is 23.5 Å². The number of nitrogens with zero attached hydrogens (tertiary/aromatic N) is 5. The normalized spacial score (nSPS) is 22.4. The van der Waals surface area contributed by atoms with Crippen LogP contribution in [0.15, 0.2) is 12.1 Å². The Labute approximate surface area is 338 Å². The molecule has 0 radical (unpaired) electrons. The number of nitrogens with one attached hydrogen (secondary N) is 1. The highest BCUT2D eigenvalue weighted by Crippen LogP contribution is 2.51. The lowest BCUT2D eigenvalue weighted by molar-refractivity contribution is -0.135. The molecule has 0 bridgehead atoms. The highest BCUT2D eigenvalue weighted by atomic mass is 35.5. The second-order valence-electron chi connectivity index (χ2n) is 15.7. The summed E-state index contributed by atoms with van der Waals surface area (Å²) in [6, 6.07) is 3.76. The molecule has 2 aromatic carbocycles. The lowest BCUT2D eigenvalue weighted by atomic mass is 9.94. The molecule has 4 aromatic rings. The minimum Gasteiger partial charge on any atom is -0.486 e. The molecule has 2 fully saturated rings. The van der Waals surface area contributed by atoms with Gasteiger partial charge in [-0.15, -0.1) is 11.3 Å². The van der Waals surface area contributed by atoms with Gasteiger partial charge in [-0.2, -0.15) is 15.2 Å². The molecule has 3 aliphatic heterocycles. The van der Waals surface area contributed by atoms with Gasteiger partial charge in [0, 0.05) is 50.1 Å². The number of aliphatic hydroxyl groups is 1. The number of piperidine rings is 1. The van der Waals surface area contributed by atoms with Crippen LogP contribution >= 0.6 is 22.9 Å². The molecular weight excluding hydrogens is 781 g/mol. The van der Waals surface area contributed by atoms with E-state index < -0.39 is 30.0 Å². The summed E-state index contributed by atoms with van der Waals surface area (Å²) in [7, 11) is 0. The van der Waals surface area contributed by atoms with Crippen LogP contribution in [0.4, 0.5) is 24.0 Å². The number of hydrogen-bond donors (Lipinski definition) is 4. The van der Waals surface area contributed by atoms with Crippen LogP contribution in [0.25, 0.3) is 32.1 Å². The fourth-order valence-corrected chi connectivity index (χ4v) is 9.50. The third kappa shape index (κ3) is 8.27. The molecule has 2 aromatic heterocycles. The molecular formula is C40H48ClF3N8O4S. The van der Waals surface area contributed by atoms with E-state index in [0.29, 0.717) is 45.6 Å². The van der Waals surface area contributed by atoms with Crippen molar-refractivity contribution < 1.29 is 32.5 Å². The van der Waals surface area contributed by atoms with E-state index in [1.807, 2.05) is 29.7 Å². The Morgan fingerprint density at radius 2 is 1.98 bits per heavy atom. The smallest absolute Gasteiger partial charge is 0.319 e. The van der Waals surface area contributed by atoms with E-state index in [0.717, 1.165) is 36.7 Å². The SMILES string of the molecule is CC(C)[C@H](N)C(=O)N1CCCC(CN2CCC(CO)Oc3c(Cl)c(-c4ccc(F)c5sc(N)c(C#N)c45)c(F)c4nc(OC[C@@H]5CCCNC[C@H](F)C5)nc2c34)C1. The van der Waals surface area contributed by atoms with Crippen LogP contribution in [0.3, 0.4) is 0 Å². The third-order valence-electron chi connectivity index (χ3n) is 11.3. The summed E-state index contributed by atoms with van der Waals surface area (Å²) in [5.74, 6) is -1.53. The second-order valence-corrected chi connectivity index (χ2v) is 17.1. The average Bonchev–Trinajstić information content (AvgIpc) is 3.53. The number of nitrogens with two attached hydrogens (primary N) is 2. The maximum Gasteiger partial charge on any atom is 0.319 e. The van der Waals surface area contributed by atoms with E-state index >= 15 is 8.78 Å². The maximum absolute atomic E-state index is 17.5. The maximum atomic E-state index is 17.5. The van der Waals surface area contributed by atoms with Gasteiger partial charge in [0.2, 0.25) is 5.91 Å². The van der Waals surface area contributed by atoms with E-state index in [1.165, 1.54) is 6.07 Å². The van der Waals surface area contributed by atoms with E-state index in [9.17, 15) is 19.6 Å². The van der Waals surface area contributed by atoms with Gasteiger partial charge in [0.25, 0.3) is 0 Å². The van der Waals surface area contributed by atoms with Crippen molar-refractivity contribution in [1.82, 2.24) is 20.2 Å². The van der Waals surface area contributed by atoms with Crippen molar-refractivity contribution in [2.45, 2.75) is 70.7 Å². The lowest BCUT2D eigenvalue weighted by Crippen LogP contribution is -2.51. The zero-order valence-electron chi connectivity index (χ0n) is 32.0. The average molecular weight is 829 g/mol. The number of aromatic nitrogens is 2. The Morgan fingerprint density at radius 1 is 1.19 bits per heavy atom. The summed E-state index contributed by atoms with van der Waals surface area (Å²) >= 11 is 8.04. The van der Waals surface area contributed by atoms with Crippen LogP contribution < -0.4 is 31.2 Å². The van der Waals surface area contributed by atoms with E-state index in [2.05, 4.69) is 10.3 Å². The van der Waals surface area contributed by atoms with Gasteiger partial charge in [0.1, 0.15) is 40.5 Å². The predicted molar refractivity (Wildman–Crippen MR) is 215 cm³/mol. The van der Waals surface area contributed by atoms with Crippen LogP contribution in [-0.2, 0) is 4.79 Å².